The molecule has 1 aromatic heterocycles. The zero-order valence-electron chi connectivity index (χ0n) is 14.7. The lowest BCUT2D eigenvalue weighted by atomic mass is 10.1. The zero-order valence-corrected chi connectivity index (χ0v) is 14.7. The molecule has 0 aliphatic carbocycles. The molecule has 6 heteroatoms. The van der Waals surface area contributed by atoms with E-state index in [1.54, 1.807) is 26.4 Å². The monoisotopic (exact) mass is 353 g/mol. The van der Waals surface area contributed by atoms with Crippen molar-refractivity contribution in [2.24, 2.45) is 0 Å². The SMILES string of the molecule is COc1ccc(CCNc2ccc(-c3ccc(F)cc3)nn2)cc1OC. The molecule has 3 rings (SSSR count). The van der Waals surface area contributed by atoms with Crippen molar-refractivity contribution in [3.63, 3.8) is 0 Å². The van der Waals surface area contributed by atoms with Crippen LogP contribution in [0.5, 0.6) is 11.5 Å². The van der Waals surface area contributed by atoms with Crippen molar-refractivity contribution in [3.05, 3.63) is 66.0 Å². The van der Waals surface area contributed by atoms with Crippen molar-refractivity contribution in [3.8, 4) is 22.8 Å². The minimum Gasteiger partial charge on any atom is -0.493 e. The molecule has 0 radical (unpaired) electrons. The number of aromatic nitrogens is 2. The second-order valence-corrected chi connectivity index (χ2v) is 5.68. The number of hydrogen-bond donors (Lipinski definition) is 1. The smallest absolute Gasteiger partial charge is 0.160 e. The maximum Gasteiger partial charge on any atom is 0.160 e. The van der Waals surface area contributed by atoms with Crippen LogP contribution in [-0.2, 0) is 6.42 Å². The normalized spacial score (nSPS) is 10.4. The Balaban J connectivity index is 1.57. The number of hydrogen-bond acceptors (Lipinski definition) is 5. The molecule has 0 saturated carbocycles. The maximum absolute atomic E-state index is 13.0. The molecule has 0 aliphatic rings. The fourth-order valence-corrected chi connectivity index (χ4v) is 2.57. The van der Waals surface area contributed by atoms with Gasteiger partial charge in [0.15, 0.2) is 11.5 Å². The van der Waals surface area contributed by atoms with Gasteiger partial charge < -0.3 is 14.8 Å². The van der Waals surface area contributed by atoms with E-state index in [9.17, 15) is 4.39 Å². The quantitative estimate of drug-likeness (QED) is 0.697. The van der Waals surface area contributed by atoms with E-state index in [2.05, 4.69) is 15.5 Å². The van der Waals surface area contributed by atoms with E-state index in [1.807, 2.05) is 30.3 Å². The molecule has 0 amide bonds. The van der Waals surface area contributed by atoms with E-state index in [-0.39, 0.29) is 5.82 Å². The van der Waals surface area contributed by atoms with Crippen LogP contribution in [0.25, 0.3) is 11.3 Å². The molecule has 5 nitrogen and oxygen atoms in total. The largest absolute Gasteiger partial charge is 0.493 e. The maximum atomic E-state index is 13.0. The van der Waals surface area contributed by atoms with E-state index in [4.69, 9.17) is 9.47 Å². The number of benzene rings is 2. The van der Waals surface area contributed by atoms with Gasteiger partial charge in [-0.25, -0.2) is 4.39 Å². The van der Waals surface area contributed by atoms with E-state index >= 15 is 0 Å². The van der Waals surface area contributed by atoms with E-state index < -0.39 is 0 Å². The summed E-state index contributed by atoms with van der Waals surface area (Å²) < 4.78 is 23.5. The van der Waals surface area contributed by atoms with Crippen molar-refractivity contribution >= 4 is 5.82 Å². The van der Waals surface area contributed by atoms with Gasteiger partial charge in [0.1, 0.15) is 11.6 Å². The van der Waals surface area contributed by atoms with Crippen molar-refractivity contribution in [2.45, 2.75) is 6.42 Å². The molecule has 0 atom stereocenters. The van der Waals surface area contributed by atoms with Gasteiger partial charge in [-0.05, 0) is 60.5 Å². The van der Waals surface area contributed by atoms with Gasteiger partial charge >= 0.3 is 0 Å². The van der Waals surface area contributed by atoms with Gasteiger partial charge in [0.2, 0.25) is 0 Å². The summed E-state index contributed by atoms with van der Waals surface area (Å²) in [6.07, 6.45) is 0.807. The Kier molecular flexibility index (Phi) is 5.63. The first-order valence-electron chi connectivity index (χ1n) is 8.24. The number of nitrogens with one attached hydrogen (secondary N) is 1. The summed E-state index contributed by atoms with van der Waals surface area (Å²) in [4.78, 5) is 0. The standard InChI is InChI=1S/C20H20FN3O2/c1-25-18-9-3-14(13-19(18)26-2)11-12-22-20-10-8-17(23-24-20)15-4-6-16(21)7-5-15/h3-10,13H,11-12H2,1-2H3,(H,22,24). The predicted molar refractivity (Wildman–Crippen MR) is 99.2 cm³/mol. The summed E-state index contributed by atoms with van der Waals surface area (Å²) in [7, 11) is 3.24. The summed E-state index contributed by atoms with van der Waals surface area (Å²) in [5.74, 6) is 1.85. The molecule has 26 heavy (non-hydrogen) atoms. The van der Waals surface area contributed by atoms with Gasteiger partial charge in [-0.2, -0.15) is 0 Å². The summed E-state index contributed by atoms with van der Waals surface area (Å²) in [6, 6.07) is 15.8. The first-order chi connectivity index (χ1) is 12.7. The van der Waals surface area contributed by atoms with Crippen LogP contribution in [0.4, 0.5) is 10.2 Å². The Morgan fingerprint density at radius 3 is 2.31 bits per heavy atom. The highest BCUT2D eigenvalue weighted by Crippen LogP contribution is 2.27. The second-order valence-electron chi connectivity index (χ2n) is 5.68. The number of anilines is 1. The highest BCUT2D eigenvalue weighted by Gasteiger charge is 2.05. The van der Waals surface area contributed by atoms with E-state index in [0.717, 1.165) is 17.5 Å². The third kappa shape index (κ3) is 4.27. The molecular weight excluding hydrogens is 333 g/mol. The highest BCUT2D eigenvalue weighted by molar-refractivity contribution is 5.59. The summed E-state index contributed by atoms with van der Waals surface area (Å²) in [5, 5.41) is 11.6. The average Bonchev–Trinajstić information content (AvgIpc) is 2.69. The van der Waals surface area contributed by atoms with Gasteiger partial charge in [0.05, 0.1) is 19.9 Å². The summed E-state index contributed by atoms with van der Waals surface area (Å²) in [6.45, 7) is 0.708. The Morgan fingerprint density at radius 2 is 1.65 bits per heavy atom. The van der Waals surface area contributed by atoms with Crippen molar-refractivity contribution in [1.82, 2.24) is 10.2 Å². The van der Waals surface area contributed by atoms with Crippen LogP contribution >= 0.6 is 0 Å². The first-order valence-corrected chi connectivity index (χ1v) is 8.24. The molecule has 0 bridgehead atoms. The lowest BCUT2D eigenvalue weighted by Gasteiger charge is -2.10. The number of methoxy groups -OCH3 is 2. The molecule has 0 fully saturated rings. The predicted octanol–water partition coefficient (Wildman–Crippen LogP) is 3.95. The molecule has 0 spiro atoms. The van der Waals surface area contributed by atoms with Gasteiger partial charge in [-0.1, -0.05) is 6.07 Å². The van der Waals surface area contributed by atoms with Gasteiger partial charge in [-0.15, -0.1) is 10.2 Å². The molecular formula is C20H20FN3O2. The van der Waals surface area contributed by atoms with Crippen molar-refractivity contribution in [2.75, 3.05) is 26.1 Å². The van der Waals surface area contributed by atoms with Gasteiger partial charge in [0.25, 0.3) is 0 Å². The van der Waals surface area contributed by atoms with Crippen LogP contribution in [-0.4, -0.2) is 31.0 Å². The Bertz CT molecular complexity index is 852. The highest BCUT2D eigenvalue weighted by atomic mass is 19.1. The molecule has 0 unspecified atom stereocenters. The Hall–Kier alpha value is -3.15. The van der Waals surface area contributed by atoms with Crippen molar-refractivity contribution in [1.29, 1.82) is 0 Å². The van der Waals surface area contributed by atoms with E-state index in [1.165, 1.54) is 12.1 Å². The number of ether oxygens (including phenoxy) is 2. The molecule has 2 aromatic carbocycles. The van der Waals surface area contributed by atoms with Crippen LogP contribution in [0.1, 0.15) is 5.56 Å². The fourth-order valence-electron chi connectivity index (χ4n) is 2.57. The molecule has 134 valence electrons. The summed E-state index contributed by atoms with van der Waals surface area (Å²) >= 11 is 0. The van der Waals surface area contributed by atoms with Crippen LogP contribution in [0.2, 0.25) is 0 Å². The summed E-state index contributed by atoms with van der Waals surface area (Å²) in [5.41, 5.74) is 2.66. The minimum atomic E-state index is -0.268. The third-order valence-corrected chi connectivity index (χ3v) is 3.97. The van der Waals surface area contributed by atoms with E-state index in [0.29, 0.717) is 29.6 Å². The third-order valence-electron chi connectivity index (χ3n) is 3.97. The molecule has 0 saturated heterocycles. The molecule has 1 N–H and O–H groups in total. The zero-order chi connectivity index (χ0) is 18.4. The number of rotatable bonds is 7. The van der Waals surface area contributed by atoms with Crippen LogP contribution in [0.3, 0.4) is 0 Å². The number of halogens is 1. The van der Waals surface area contributed by atoms with Crippen LogP contribution in [0, 0.1) is 5.82 Å². The fraction of sp³-hybridized carbons (Fsp3) is 0.200. The lowest BCUT2D eigenvalue weighted by Crippen LogP contribution is -2.07. The lowest BCUT2D eigenvalue weighted by molar-refractivity contribution is 0.354. The molecule has 1 heterocycles. The first kappa shape index (κ1) is 17.7. The van der Waals surface area contributed by atoms with Crippen LogP contribution < -0.4 is 14.8 Å². The minimum absolute atomic E-state index is 0.268. The molecule has 0 aliphatic heterocycles. The Morgan fingerprint density at radius 1 is 0.885 bits per heavy atom. The Labute approximate surface area is 151 Å². The second kappa shape index (κ2) is 8.29. The topological polar surface area (TPSA) is 56.3 Å². The van der Waals surface area contributed by atoms with Crippen molar-refractivity contribution < 1.29 is 13.9 Å². The van der Waals surface area contributed by atoms with Gasteiger partial charge in [0, 0.05) is 12.1 Å². The van der Waals surface area contributed by atoms with Gasteiger partial charge in [-0.3, -0.25) is 0 Å². The molecule has 3 aromatic rings. The number of nitrogens with zero attached hydrogens (tertiary/aromatic N) is 2. The van der Waals surface area contributed by atoms with Crippen LogP contribution in [0.15, 0.2) is 54.6 Å². The average molecular weight is 353 g/mol.